The first-order valence-electron chi connectivity index (χ1n) is 12.2. The first kappa shape index (κ1) is 29.8. The van der Waals surface area contributed by atoms with E-state index in [1.54, 1.807) is 25.1 Å². The van der Waals surface area contributed by atoms with Gasteiger partial charge in [-0.05, 0) is 73.4 Å². The van der Waals surface area contributed by atoms with Gasteiger partial charge in [-0.3, -0.25) is 0 Å². The maximum absolute atomic E-state index is 12.0. The van der Waals surface area contributed by atoms with E-state index in [-0.39, 0.29) is 11.3 Å². The Kier molecular flexibility index (Phi) is 9.44. The van der Waals surface area contributed by atoms with Crippen LogP contribution in [0.15, 0.2) is 53.4 Å². The highest BCUT2D eigenvalue weighted by atomic mass is 32.2. The number of phenols is 1. The zero-order valence-electron chi connectivity index (χ0n) is 22.3. The molecule has 3 rings (SSSR count). The van der Waals surface area contributed by atoms with Crippen molar-refractivity contribution in [3.63, 3.8) is 0 Å². The molecule has 11 heteroatoms. The number of nitrogens with one attached hydrogen (secondary N) is 1. The van der Waals surface area contributed by atoms with Crippen LogP contribution in [0.5, 0.6) is 17.2 Å². The zero-order chi connectivity index (χ0) is 28.9. The number of ether oxygens (including phenoxy) is 2. The number of nitrogen functional groups attached to an aromatic ring is 1. The molecule has 0 heterocycles. The molecule has 3 aromatic rings. The molecule has 10 nitrogen and oxygen atoms in total. The van der Waals surface area contributed by atoms with Crippen molar-refractivity contribution in [1.82, 2.24) is 5.32 Å². The number of carbonyl (C=O) groups is 1. The van der Waals surface area contributed by atoms with Crippen molar-refractivity contribution in [3.05, 3.63) is 65.2 Å². The maximum atomic E-state index is 12.0. The lowest BCUT2D eigenvalue weighted by atomic mass is 9.99. The number of aliphatic carboxylic acids is 1. The molecule has 0 aromatic heterocycles. The van der Waals surface area contributed by atoms with E-state index in [2.05, 4.69) is 5.32 Å². The summed E-state index contributed by atoms with van der Waals surface area (Å²) in [7, 11) is -3.79. The van der Waals surface area contributed by atoms with Gasteiger partial charge in [0.1, 0.15) is 28.8 Å². The largest absolute Gasteiger partial charge is 0.507 e. The van der Waals surface area contributed by atoms with E-state index >= 15 is 0 Å². The van der Waals surface area contributed by atoms with Gasteiger partial charge in [-0.2, -0.15) is 0 Å². The topological polar surface area (TPSA) is 168 Å². The molecule has 39 heavy (non-hydrogen) atoms. The third-order valence-electron chi connectivity index (χ3n) is 6.18. The zero-order valence-corrected chi connectivity index (χ0v) is 23.1. The molecule has 0 aliphatic heterocycles. The highest BCUT2D eigenvalue weighted by molar-refractivity contribution is 7.91. The number of rotatable bonds is 12. The predicted molar refractivity (Wildman–Crippen MR) is 148 cm³/mol. The number of aliphatic hydroxyl groups is 1. The molecular formula is C28H34N2O8S. The second-order valence-electron chi connectivity index (χ2n) is 9.37. The number of phenolic OH excluding ortho intramolecular Hbond substituents is 1. The Morgan fingerprint density at radius 1 is 1.05 bits per heavy atom. The molecule has 0 aliphatic carbocycles. The monoisotopic (exact) mass is 558 g/mol. The lowest BCUT2D eigenvalue weighted by Crippen LogP contribution is -2.35. The lowest BCUT2D eigenvalue weighted by Gasteiger charge is -2.23. The van der Waals surface area contributed by atoms with Gasteiger partial charge in [0, 0.05) is 24.4 Å². The molecule has 0 aliphatic rings. The summed E-state index contributed by atoms with van der Waals surface area (Å²) in [6, 6.07) is 13.3. The van der Waals surface area contributed by atoms with E-state index < -0.39 is 45.2 Å². The summed E-state index contributed by atoms with van der Waals surface area (Å²) in [6.45, 7) is 5.88. The number of anilines is 1. The Labute approximate surface area is 227 Å². The third kappa shape index (κ3) is 7.41. The number of nitrogens with two attached hydrogens (primary N) is 1. The summed E-state index contributed by atoms with van der Waals surface area (Å²) < 4.78 is 35.3. The smallest absolute Gasteiger partial charge is 0.341 e. The van der Waals surface area contributed by atoms with Crippen LogP contribution in [0.2, 0.25) is 0 Å². The van der Waals surface area contributed by atoms with Gasteiger partial charge in [-0.1, -0.05) is 18.2 Å². The quantitative estimate of drug-likeness (QED) is 0.164. The second-order valence-corrected chi connectivity index (χ2v) is 11.3. The molecule has 0 bridgehead atoms. The molecule has 0 radical (unpaired) electrons. The number of carboxylic acid groups (broad SMARTS) is 1. The minimum absolute atomic E-state index is 0.180. The van der Waals surface area contributed by atoms with E-state index in [9.17, 15) is 23.4 Å². The number of aryl methyl sites for hydroxylation is 2. The summed E-state index contributed by atoms with van der Waals surface area (Å²) in [5.41, 5.74) is 9.66. The van der Waals surface area contributed by atoms with Crippen LogP contribution in [0.1, 0.15) is 29.7 Å². The van der Waals surface area contributed by atoms with Crippen LogP contribution < -0.4 is 20.5 Å². The number of benzene rings is 3. The van der Waals surface area contributed by atoms with Crippen LogP contribution in [0.3, 0.4) is 0 Å². The molecule has 0 saturated carbocycles. The van der Waals surface area contributed by atoms with Crippen LogP contribution in [0.25, 0.3) is 11.1 Å². The Balaban J connectivity index is 1.63. The standard InChI is InChI=1S/C28H34N2O8S/c1-16-12-20(19-6-5-7-21(14-19)38-15-24(32)33)13-17(2)27(16)37-11-10-30-18(3)26(34)22-8-9-23(31)28(25(22)29)39(4,35)36/h5-9,12-14,18,26,30-31,34H,10-11,15,29H2,1-4H3,(H,32,33)/t18-,26-/m0/s1. The van der Waals surface area contributed by atoms with Crippen molar-refractivity contribution in [2.45, 2.75) is 37.8 Å². The van der Waals surface area contributed by atoms with E-state index in [1.165, 1.54) is 12.1 Å². The van der Waals surface area contributed by atoms with Crippen LogP contribution >= 0.6 is 0 Å². The van der Waals surface area contributed by atoms with Crippen LogP contribution in [0, 0.1) is 13.8 Å². The van der Waals surface area contributed by atoms with Crippen LogP contribution in [-0.2, 0) is 14.6 Å². The molecule has 0 fully saturated rings. The summed E-state index contributed by atoms with van der Waals surface area (Å²) in [6.07, 6.45) is -0.179. The van der Waals surface area contributed by atoms with E-state index in [4.69, 9.17) is 20.3 Å². The van der Waals surface area contributed by atoms with Gasteiger partial charge in [-0.15, -0.1) is 0 Å². The third-order valence-corrected chi connectivity index (χ3v) is 7.35. The summed E-state index contributed by atoms with van der Waals surface area (Å²) >= 11 is 0. The van der Waals surface area contributed by atoms with Crippen molar-refractivity contribution < 1.29 is 38.0 Å². The Morgan fingerprint density at radius 3 is 2.33 bits per heavy atom. The minimum atomic E-state index is -3.79. The Morgan fingerprint density at radius 2 is 1.72 bits per heavy atom. The first-order chi connectivity index (χ1) is 18.3. The molecule has 0 amide bonds. The van der Waals surface area contributed by atoms with Gasteiger partial charge < -0.3 is 35.8 Å². The van der Waals surface area contributed by atoms with E-state index in [0.717, 1.165) is 34.3 Å². The number of hydrogen-bond acceptors (Lipinski definition) is 9. The molecule has 0 unspecified atom stereocenters. The molecule has 2 atom stereocenters. The van der Waals surface area contributed by atoms with Gasteiger partial charge in [0.15, 0.2) is 16.4 Å². The first-order valence-corrected chi connectivity index (χ1v) is 14.1. The fourth-order valence-electron chi connectivity index (χ4n) is 4.33. The number of sulfone groups is 1. The average molecular weight is 559 g/mol. The molecule has 0 saturated heterocycles. The number of aliphatic hydroxyl groups excluding tert-OH is 1. The summed E-state index contributed by atoms with van der Waals surface area (Å²) in [5, 5.41) is 32.7. The number of aromatic hydroxyl groups is 1. The minimum Gasteiger partial charge on any atom is -0.507 e. The predicted octanol–water partition coefficient (Wildman–Crippen LogP) is 3.22. The molecule has 3 aromatic carbocycles. The van der Waals surface area contributed by atoms with E-state index in [1.807, 2.05) is 32.0 Å². The molecule has 0 spiro atoms. The fraction of sp³-hybridized carbons (Fsp3) is 0.321. The summed E-state index contributed by atoms with van der Waals surface area (Å²) in [4.78, 5) is 10.4. The highest BCUT2D eigenvalue weighted by Gasteiger charge is 2.25. The average Bonchev–Trinajstić information content (AvgIpc) is 2.85. The van der Waals surface area contributed by atoms with Gasteiger partial charge >= 0.3 is 5.97 Å². The lowest BCUT2D eigenvalue weighted by molar-refractivity contribution is -0.139. The molecule has 210 valence electrons. The molecule has 6 N–H and O–H groups in total. The van der Waals surface area contributed by atoms with Crippen molar-refractivity contribution >= 4 is 21.5 Å². The summed E-state index contributed by atoms with van der Waals surface area (Å²) in [5.74, 6) is -0.310. The second kappa shape index (κ2) is 12.4. The maximum Gasteiger partial charge on any atom is 0.341 e. The van der Waals surface area contributed by atoms with Crippen LogP contribution in [-0.4, -0.2) is 61.8 Å². The molecular weight excluding hydrogens is 524 g/mol. The van der Waals surface area contributed by atoms with Crippen molar-refractivity contribution in [3.8, 4) is 28.4 Å². The fourth-order valence-corrected chi connectivity index (χ4v) is 5.29. The van der Waals surface area contributed by atoms with Crippen molar-refractivity contribution in [2.24, 2.45) is 0 Å². The van der Waals surface area contributed by atoms with Crippen molar-refractivity contribution in [1.29, 1.82) is 0 Å². The SMILES string of the molecule is Cc1cc(-c2cccc(OCC(=O)O)c2)cc(C)c1OCCN[C@@H](C)[C@H](O)c1ccc(O)c(S(C)(=O)=O)c1N. The van der Waals surface area contributed by atoms with Gasteiger partial charge in [0.05, 0.1) is 11.8 Å². The Hall–Kier alpha value is -3.80. The van der Waals surface area contributed by atoms with Gasteiger partial charge in [0.2, 0.25) is 0 Å². The van der Waals surface area contributed by atoms with Crippen LogP contribution in [0.4, 0.5) is 5.69 Å². The highest BCUT2D eigenvalue weighted by Crippen LogP contribution is 2.35. The Bertz CT molecular complexity index is 1430. The van der Waals surface area contributed by atoms with E-state index in [0.29, 0.717) is 18.9 Å². The normalized spacial score (nSPS) is 13.1. The van der Waals surface area contributed by atoms with Gasteiger partial charge in [0.25, 0.3) is 0 Å². The number of hydrogen-bond donors (Lipinski definition) is 5. The number of carboxylic acids is 1. The van der Waals surface area contributed by atoms with Crippen molar-refractivity contribution in [2.75, 3.05) is 31.7 Å². The van der Waals surface area contributed by atoms with Gasteiger partial charge in [-0.25, -0.2) is 13.2 Å².